The second-order valence-electron chi connectivity index (χ2n) is 10.6. The van der Waals surface area contributed by atoms with Crippen LogP contribution in [-0.2, 0) is 13.0 Å². The van der Waals surface area contributed by atoms with Crippen LogP contribution in [0.3, 0.4) is 0 Å². The quantitative estimate of drug-likeness (QED) is 0.363. The van der Waals surface area contributed by atoms with E-state index >= 15 is 0 Å². The number of imidazole rings is 1. The minimum Gasteiger partial charge on any atom is -0.491 e. The summed E-state index contributed by atoms with van der Waals surface area (Å²) in [5, 5.41) is 9.52. The number of amides is 2. The lowest BCUT2D eigenvalue weighted by Gasteiger charge is -2.33. The highest BCUT2D eigenvalue weighted by Gasteiger charge is 2.26. The summed E-state index contributed by atoms with van der Waals surface area (Å²) in [5.41, 5.74) is 6.09. The van der Waals surface area contributed by atoms with E-state index in [1.54, 1.807) is 6.33 Å². The summed E-state index contributed by atoms with van der Waals surface area (Å²) in [6.45, 7) is 7.40. The Morgan fingerprint density at radius 2 is 1.79 bits per heavy atom. The average Bonchev–Trinajstić information content (AvgIpc) is 3.25. The Labute approximate surface area is 221 Å². The first-order valence-electron chi connectivity index (χ1n) is 12.8. The molecule has 2 amide bonds. The van der Waals surface area contributed by atoms with Crippen molar-refractivity contribution in [2.45, 2.75) is 39.3 Å². The van der Waals surface area contributed by atoms with Gasteiger partial charge in [-0.3, -0.25) is 4.79 Å². The third-order valence-corrected chi connectivity index (χ3v) is 6.95. The molecule has 0 aliphatic carbocycles. The third-order valence-electron chi connectivity index (χ3n) is 6.95. The first-order chi connectivity index (χ1) is 18.2. The van der Waals surface area contributed by atoms with Crippen LogP contribution in [0, 0.1) is 0 Å². The second-order valence-corrected chi connectivity index (χ2v) is 10.6. The molecule has 38 heavy (non-hydrogen) atoms. The van der Waals surface area contributed by atoms with E-state index < -0.39 is 11.6 Å². The monoisotopic (exact) mass is 512 g/mol. The van der Waals surface area contributed by atoms with Gasteiger partial charge in [0, 0.05) is 29.8 Å². The largest absolute Gasteiger partial charge is 0.491 e. The van der Waals surface area contributed by atoms with E-state index in [-0.39, 0.29) is 5.91 Å². The van der Waals surface area contributed by atoms with Crippen molar-refractivity contribution in [3.05, 3.63) is 83.7 Å². The summed E-state index contributed by atoms with van der Waals surface area (Å²) in [5.74, 6) is 0.739. The maximum Gasteiger partial charge on any atom is 0.407 e. The Hall–Kier alpha value is -4.33. The first kappa shape index (κ1) is 25.3. The summed E-state index contributed by atoms with van der Waals surface area (Å²) in [4.78, 5) is 35.7. The van der Waals surface area contributed by atoms with Crippen LogP contribution in [0.15, 0.2) is 67.0 Å². The molecule has 8 heteroatoms. The number of rotatable bonds is 5. The number of hydrogen-bond acceptors (Lipinski definition) is 4. The predicted molar refractivity (Wildman–Crippen MR) is 146 cm³/mol. The number of hydrogen-bond donors (Lipinski definition) is 2. The Bertz CT molecular complexity index is 1470. The zero-order valence-corrected chi connectivity index (χ0v) is 21.9. The number of benzene rings is 3. The number of carboxylic acid groups (broad SMARTS) is 1. The van der Waals surface area contributed by atoms with Crippen molar-refractivity contribution in [1.82, 2.24) is 19.8 Å². The number of nitrogens with one attached hydrogen (secondary N) is 1. The number of H-pyrrole nitrogens is 1. The molecule has 3 aromatic carbocycles. The molecular formula is C30H32N4O4. The molecule has 0 bridgehead atoms. The van der Waals surface area contributed by atoms with Gasteiger partial charge in [-0.25, -0.2) is 9.78 Å². The van der Waals surface area contributed by atoms with Gasteiger partial charge in [0.2, 0.25) is 0 Å². The highest BCUT2D eigenvalue weighted by Crippen LogP contribution is 2.31. The summed E-state index contributed by atoms with van der Waals surface area (Å²) >= 11 is 0. The molecule has 1 aromatic heterocycles. The lowest BCUT2D eigenvalue weighted by Crippen LogP contribution is -2.45. The lowest BCUT2D eigenvalue weighted by atomic mass is 10.0. The van der Waals surface area contributed by atoms with Crippen LogP contribution < -0.4 is 4.74 Å². The fourth-order valence-corrected chi connectivity index (χ4v) is 4.82. The minimum absolute atomic E-state index is 0.0564. The van der Waals surface area contributed by atoms with Crippen LogP contribution in [-0.4, -0.2) is 62.1 Å². The van der Waals surface area contributed by atoms with Crippen LogP contribution in [0.25, 0.3) is 22.2 Å². The number of aromatic nitrogens is 2. The number of carbonyl (C=O) groups excluding carboxylic acids is 1. The van der Waals surface area contributed by atoms with Gasteiger partial charge in [0.1, 0.15) is 12.4 Å². The Morgan fingerprint density at radius 1 is 1.05 bits per heavy atom. The summed E-state index contributed by atoms with van der Waals surface area (Å²) < 4.78 is 5.97. The predicted octanol–water partition coefficient (Wildman–Crippen LogP) is 5.59. The van der Waals surface area contributed by atoms with E-state index in [0.29, 0.717) is 38.2 Å². The van der Waals surface area contributed by atoms with Crippen molar-refractivity contribution in [2.24, 2.45) is 0 Å². The molecule has 1 aliphatic heterocycles. The van der Waals surface area contributed by atoms with Crippen LogP contribution in [0.5, 0.6) is 5.75 Å². The fraction of sp³-hybridized carbons (Fsp3) is 0.300. The van der Waals surface area contributed by atoms with Crippen LogP contribution in [0.4, 0.5) is 4.79 Å². The second kappa shape index (κ2) is 10.2. The summed E-state index contributed by atoms with van der Waals surface area (Å²) in [6.07, 6.45) is 1.33. The van der Waals surface area contributed by atoms with Gasteiger partial charge in [0.15, 0.2) is 0 Å². The fourth-order valence-electron chi connectivity index (χ4n) is 4.82. The molecule has 0 radical (unpaired) electrons. The Balaban J connectivity index is 1.30. The molecule has 5 rings (SSSR count). The van der Waals surface area contributed by atoms with Crippen molar-refractivity contribution >= 4 is 23.0 Å². The molecule has 0 saturated heterocycles. The van der Waals surface area contributed by atoms with Gasteiger partial charge in [0.05, 0.1) is 23.9 Å². The SMILES string of the molecule is CC(C)(C)N(CCc1ccc(C(=O)N2CCOc3ccc(-c4ccc5nc[nH]c5c4)cc3C2)cc1)C(=O)O. The van der Waals surface area contributed by atoms with E-state index in [1.165, 1.54) is 4.90 Å². The maximum absolute atomic E-state index is 13.4. The van der Waals surface area contributed by atoms with Crippen molar-refractivity contribution in [3.8, 4) is 16.9 Å². The van der Waals surface area contributed by atoms with Gasteiger partial charge in [-0.15, -0.1) is 0 Å². The van der Waals surface area contributed by atoms with E-state index in [1.807, 2.05) is 74.2 Å². The summed E-state index contributed by atoms with van der Waals surface area (Å²) in [6, 6.07) is 19.7. The maximum atomic E-state index is 13.4. The first-order valence-corrected chi connectivity index (χ1v) is 12.8. The van der Waals surface area contributed by atoms with Crippen molar-refractivity contribution in [2.75, 3.05) is 19.7 Å². The molecule has 0 spiro atoms. The zero-order valence-electron chi connectivity index (χ0n) is 21.9. The normalized spacial score (nSPS) is 13.5. The van der Waals surface area contributed by atoms with Crippen LogP contribution in [0.2, 0.25) is 0 Å². The van der Waals surface area contributed by atoms with Gasteiger partial charge in [-0.05, 0) is 80.3 Å². The molecule has 0 fully saturated rings. The molecule has 8 nitrogen and oxygen atoms in total. The number of aromatic amines is 1. The van der Waals surface area contributed by atoms with Gasteiger partial charge in [0.25, 0.3) is 5.91 Å². The Morgan fingerprint density at radius 3 is 2.53 bits per heavy atom. The zero-order chi connectivity index (χ0) is 26.9. The molecule has 1 aliphatic rings. The molecule has 0 unspecified atom stereocenters. The Kier molecular flexibility index (Phi) is 6.80. The van der Waals surface area contributed by atoms with Gasteiger partial charge in [-0.2, -0.15) is 0 Å². The van der Waals surface area contributed by atoms with Gasteiger partial charge < -0.3 is 24.6 Å². The third kappa shape index (κ3) is 5.34. The molecule has 0 saturated carbocycles. The lowest BCUT2D eigenvalue weighted by molar-refractivity contribution is 0.0733. The standard InChI is InChI=1S/C30H32N4O4/c1-30(2,3)34(29(36)37)13-12-20-4-6-21(7-5-20)28(35)33-14-15-38-27-11-9-22(16-24(27)18-33)23-8-10-25-26(17-23)32-19-31-25/h4-11,16-17,19H,12-15,18H2,1-3H3,(H,31,32)(H,36,37). The highest BCUT2D eigenvalue weighted by molar-refractivity contribution is 5.94. The topological polar surface area (TPSA) is 98.8 Å². The molecule has 0 atom stereocenters. The van der Waals surface area contributed by atoms with Crippen molar-refractivity contribution in [1.29, 1.82) is 0 Å². The van der Waals surface area contributed by atoms with E-state index in [9.17, 15) is 14.7 Å². The molecule has 196 valence electrons. The molecule has 2 heterocycles. The number of ether oxygens (including phenoxy) is 1. The van der Waals surface area contributed by atoms with Gasteiger partial charge >= 0.3 is 6.09 Å². The van der Waals surface area contributed by atoms with E-state index in [0.717, 1.165) is 39.0 Å². The molecule has 4 aromatic rings. The minimum atomic E-state index is -0.932. The number of nitrogens with zero attached hydrogens (tertiary/aromatic N) is 3. The number of fused-ring (bicyclic) bond motifs is 2. The smallest absolute Gasteiger partial charge is 0.407 e. The van der Waals surface area contributed by atoms with Crippen molar-refractivity contribution in [3.63, 3.8) is 0 Å². The molecule has 2 N–H and O–H groups in total. The van der Waals surface area contributed by atoms with Gasteiger partial charge in [-0.1, -0.05) is 24.3 Å². The average molecular weight is 513 g/mol. The van der Waals surface area contributed by atoms with Crippen molar-refractivity contribution < 1.29 is 19.4 Å². The number of carbonyl (C=O) groups is 2. The molecular weight excluding hydrogens is 480 g/mol. The summed E-state index contributed by atoms with van der Waals surface area (Å²) in [7, 11) is 0. The van der Waals surface area contributed by atoms with E-state index in [4.69, 9.17) is 4.74 Å². The van der Waals surface area contributed by atoms with E-state index in [2.05, 4.69) is 22.1 Å². The highest BCUT2D eigenvalue weighted by atomic mass is 16.5. The van der Waals surface area contributed by atoms with Crippen LogP contribution >= 0.6 is 0 Å². The van der Waals surface area contributed by atoms with Crippen LogP contribution in [0.1, 0.15) is 42.3 Å².